The summed E-state index contributed by atoms with van der Waals surface area (Å²) in [6.07, 6.45) is 2.05. The Balaban J connectivity index is 2.22. The number of nitrogen functional groups attached to an aromatic ring is 1. The fraction of sp³-hybridized carbons (Fsp3) is 0.467. The van der Waals surface area contributed by atoms with Crippen molar-refractivity contribution >= 4 is 31.5 Å². The van der Waals surface area contributed by atoms with Crippen molar-refractivity contribution < 1.29 is 9.31 Å². The van der Waals surface area contributed by atoms with Gasteiger partial charge in [-0.15, -0.1) is 0 Å². The predicted octanol–water partition coefficient (Wildman–Crippen LogP) is 2.92. The third-order valence-electron chi connectivity index (χ3n) is 4.17. The summed E-state index contributed by atoms with van der Waals surface area (Å²) in [5, 5.41) is 0. The van der Waals surface area contributed by atoms with Crippen LogP contribution in [0, 0.1) is 0 Å². The molecule has 21 heavy (non-hydrogen) atoms. The average molecular weight is 306 g/mol. The molecular weight excluding hydrogens is 283 g/mol. The van der Waals surface area contributed by atoms with Gasteiger partial charge >= 0.3 is 7.12 Å². The van der Waals surface area contributed by atoms with E-state index in [2.05, 4.69) is 24.1 Å². The largest absolute Gasteiger partial charge is 0.491 e. The highest BCUT2D eigenvalue weighted by Crippen LogP contribution is 2.39. The van der Waals surface area contributed by atoms with Crippen LogP contribution in [0.4, 0.5) is 5.69 Å². The zero-order valence-corrected chi connectivity index (χ0v) is 13.9. The van der Waals surface area contributed by atoms with E-state index in [1.54, 1.807) is 0 Å². The van der Waals surface area contributed by atoms with E-state index < -0.39 is 0 Å². The maximum absolute atomic E-state index is 6.06. The lowest BCUT2D eigenvalue weighted by atomic mass is 9.78. The highest BCUT2D eigenvalue weighted by atomic mass is 32.1. The summed E-state index contributed by atoms with van der Waals surface area (Å²) in [6.45, 7) is 8.19. The number of hydrogen-bond donors (Lipinski definition) is 3. The van der Waals surface area contributed by atoms with Crippen LogP contribution < -0.4 is 11.3 Å². The maximum Gasteiger partial charge on any atom is 0.491 e. The summed E-state index contributed by atoms with van der Waals surface area (Å²) >= 11 is 4.41. The third-order valence-corrected chi connectivity index (χ3v) is 4.53. The van der Waals surface area contributed by atoms with Crippen LogP contribution >= 0.6 is 12.6 Å². The summed E-state index contributed by atoms with van der Waals surface area (Å²) < 4.78 is 12.1. The van der Waals surface area contributed by atoms with E-state index in [9.17, 15) is 0 Å². The van der Waals surface area contributed by atoms with Gasteiger partial charge in [-0.2, -0.15) is 12.6 Å². The van der Waals surface area contributed by atoms with Gasteiger partial charge in [-0.3, -0.25) is 5.84 Å². The van der Waals surface area contributed by atoms with Crippen molar-refractivity contribution in [2.24, 2.45) is 5.84 Å². The summed E-state index contributed by atoms with van der Waals surface area (Å²) in [4.78, 5) is 0. The molecule has 1 aromatic carbocycles. The second kappa shape index (κ2) is 6.05. The van der Waals surface area contributed by atoms with E-state index in [0.717, 1.165) is 16.7 Å². The van der Waals surface area contributed by atoms with E-state index in [4.69, 9.17) is 15.2 Å². The first-order chi connectivity index (χ1) is 9.79. The number of thiol groups is 1. The molecule has 0 spiro atoms. The monoisotopic (exact) mass is 306 g/mol. The highest BCUT2D eigenvalue weighted by molar-refractivity contribution is 7.80. The predicted molar refractivity (Wildman–Crippen MR) is 92.2 cm³/mol. The number of hydrogen-bond acceptors (Lipinski definition) is 5. The molecule has 1 heterocycles. The third kappa shape index (κ3) is 3.45. The first-order valence-corrected chi connectivity index (χ1v) is 7.66. The minimum absolute atomic E-state index is 0.340. The van der Waals surface area contributed by atoms with Crippen molar-refractivity contribution in [3.8, 4) is 0 Å². The average Bonchev–Trinajstić information content (AvgIpc) is 2.65. The molecule has 1 aliphatic rings. The second-order valence-corrected chi connectivity index (χ2v) is 6.55. The van der Waals surface area contributed by atoms with E-state index in [1.807, 2.05) is 52.0 Å². The Morgan fingerprint density at radius 3 is 2.14 bits per heavy atom. The normalized spacial score (nSPS) is 20.7. The zero-order valence-electron chi connectivity index (χ0n) is 13.0. The van der Waals surface area contributed by atoms with Gasteiger partial charge in [-0.25, -0.2) is 0 Å². The smallest absolute Gasteiger partial charge is 0.400 e. The summed E-state index contributed by atoms with van der Waals surface area (Å²) in [5.41, 5.74) is 4.87. The lowest BCUT2D eigenvalue weighted by Gasteiger charge is -2.32. The van der Waals surface area contributed by atoms with E-state index in [1.165, 1.54) is 0 Å². The fourth-order valence-electron chi connectivity index (χ4n) is 2.07. The van der Waals surface area contributed by atoms with E-state index >= 15 is 0 Å². The molecule has 0 radical (unpaired) electrons. The lowest BCUT2D eigenvalue weighted by molar-refractivity contribution is 0.00578. The second-order valence-electron chi connectivity index (χ2n) is 6.23. The highest BCUT2D eigenvalue weighted by Gasteiger charge is 2.52. The van der Waals surface area contributed by atoms with Gasteiger partial charge in [-0.05, 0) is 50.9 Å². The molecule has 0 bridgehead atoms. The number of hydrazine groups is 1. The Morgan fingerprint density at radius 1 is 1.19 bits per heavy atom. The minimum atomic E-state index is -0.361. The Kier molecular flexibility index (Phi) is 4.73. The van der Waals surface area contributed by atoms with Gasteiger partial charge in [0.1, 0.15) is 0 Å². The van der Waals surface area contributed by atoms with Gasteiger partial charge in [0.2, 0.25) is 0 Å². The Bertz CT molecular complexity index is 513. The zero-order chi connectivity index (χ0) is 15.7. The molecule has 6 heteroatoms. The van der Waals surface area contributed by atoms with Crippen molar-refractivity contribution in [1.29, 1.82) is 0 Å². The van der Waals surface area contributed by atoms with Gasteiger partial charge in [0.15, 0.2) is 0 Å². The molecule has 1 aliphatic heterocycles. The molecule has 0 amide bonds. The SMILES string of the molecule is CC1(C)OB(C(=Cc2ccc(NN)cc2)CS)OC1(C)C. The lowest BCUT2D eigenvalue weighted by Crippen LogP contribution is -2.41. The number of benzene rings is 1. The molecule has 1 aromatic rings. The van der Waals surface area contributed by atoms with Gasteiger partial charge in [0, 0.05) is 11.4 Å². The number of anilines is 1. The fourth-order valence-corrected chi connectivity index (χ4v) is 2.31. The minimum Gasteiger partial charge on any atom is -0.400 e. The van der Waals surface area contributed by atoms with Gasteiger partial charge in [0.05, 0.1) is 11.2 Å². The van der Waals surface area contributed by atoms with Crippen molar-refractivity contribution in [2.75, 3.05) is 11.2 Å². The van der Waals surface area contributed by atoms with Crippen LogP contribution in [0.1, 0.15) is 33.3 Å². The standard InChI is InChI=1S/C15H23BN2O2S/c1-14(2)15(3,4)20-16(19-14)12(10-21)9-11-5-7-13(18-17)8-6-11/h5-9,18,21H,10,17H2,1-4H3. The Morgan fingerprint density at radius 2 is 1.71 bits per heavy atom. The van der Waals surface area contributed by atoms with Crippen LogP contribution in [-0.2, 0) is 9.31 Å². The van der Waals surface area contributed by atoms with Crippen LogP contribution in [0.2, 0.25) is 0 Å². The first kappa shape index (κ1) is 16.4. The maximum atomic E-state index is 6.06. The summed E-state index contributed by atoms with van der Waals surface area (Å²) in [7, 11) is -0.361. The van der Waals surface area contributed by atoms with Crippen molar-refractivity contribution in [3.05, 3.63) is 35.3 Å². The Hall–Kier alpha value is -0.945. The van der Waals surface area contributed by atoms with Crippen LogP contribution in [0.3, 0.4) is 0 Å². The van der Waals surface area contributed by atoms with Gasteiger partial charge < -0.3 is 14.7 Å². The van der Waals surface area contributed by atoms with Gasteiger partial charge in [0.25, 0.3) is 0 Å². The summed E-state index contributed by atoms with van der Waals surface area (Å²) in [6, 6.07) is 7.83. The molecule has 4 nitrogen and oxygen atoms in total. The number of nitrogens with two attached hydrogens (primary N) is 1. The van der Waals surface area contributed by atoms with Crippen LogP contribution in [-0.4, -0.2) is 24.1 Å². The van der Waals surface area contributed by atoms with Crippen molar-refractivity contribution in [2.45, 2.75) is 38.9 Å². The molecule has 0 saturated carbocycles. The quantitative estimate of drug-likeness (QED) is 0.346. The molecule has 1 fully saturated rings. The van der Waals surface area contributed by atoms with Gasteiger partial charge in [-0.1, -0.05) is 18.2 Å². The molecular formula is C15H23BN2O2S. The molecule has 0 unspecified atom stereocenters. The Labute approximate surface area is 132 Å². The van der Waals surface area contributed by atoms with Crippen LogP contribution in [0.15, 0.2) is 29.7 Å². The molecule has 0 aliphatic carbocycles. The first-order valence-electron chi connectivity index (χ1n) is 7.03. The van der Waals surface area contributed by atoms with Crippen molar-refractivity contribution in [3.63, 3.8) is 0 Å². The van der Waals surface area contributed by atoms with E-state index in [0.29, 0.717) is 5.75 Å². The molecule has 114 valence electrons. The molecule has 0 atom stereocenters. The van der Waals surface area contributed by atoms with Crippen LogP contribution in [0.25, 0.3) is 6.08 Å². The molecule has 3 N–H and O–H groups in total. The number of rotatable bonds is 4. The molecule has 1 saturated heterocycles. The van der Waals surface area contributed by atoms with Crippen LogP contribution in [0.5, 0.6) is 0 Å². The van der Waals surface area contributed by atoms with Crippen molar-refractivity contribution in [1.82, 2.24) is 0 Å². The number of nitrogens with one attached hydrogen (secondary N) is 1. The molecule has 0 aromatic heterocycles. The topological polar surface area (TPSA) is 56.5 Å². The summed E-state index contributed by atoms with van der Waals surface area (Å²) in [5.74, 6) is 5.95. The molecule has 2 rings (SSSR count). The van der Waals surface area contributed by atoms with E-state index in [-0.39, 0.29) is 18.3 Å².